The van der Waals surface area contributed by atoms with Crippen LogP contribution in [0.2, 0.25) is 0 Å². The summed E-state index contributed by atoms with van der Waals surface area (Å²) >= 11 is 0. The lowest BCUT2D eigenvalue weighted by atomic mass is 9.84. The molecule has 91 valence electrons. The van der Waals surface area contributed by atoms with E-state index in [1.807, 2.05) is 6.08 Å². The lowest BCUT2D eigenvalue weighted by molar-refractivity contribution is 0.0676. The molecule has 1 radical (unpaired) electrons. The second-order valence-corrected chi connectivity index (χ2v) is 5.14. The van der Waals surface area contributed by atoms with Gasteiger partial charge < -0.3 is 4.90 Å². The average molecular weight is 222 g/mol. The second-order valence-electron chi connectivity index (χ2n) is 5.14. The first-order valence-corrected chi connectivity index (χ1v) is 6.35. The number of rotatable bonds is 5. The van der Waals surface area contributed by atoms with Gasteiger partial charge >= 0.3 is 0 Å². The fourth-order valence-corrected chi connectivity index (χ4v) is 2.84. The monoisotopic (exact) mass is 222 g/mol. The van der Waals surface area contributed by atoms with Gasteiger partial charge in [0.05, 0.1) is 0 Å². The van der Waals surface area contributed by atoms with Gasteiger partial charge in [-0.2, -0.15) is 0 Å². The van der Waals surface area contributed by atoms with Crippen molar-refractivity contribution >= 4 is 0 Å². The van der Waals surface area contributed by atoms with E-state index >= 15 is 0 Å². The van der Waals surface area contributed by atoms with E-state index in [1.54, 1.807) is 0 Å². The summed E-state index contributed by atoms with van der Waals surface area (Å²) in [7, 11) is 2.12. The molecular weight excluding hydrogens is 198 g/mol. The zero-order chi connectivity index (χ0) is 11.5. The Morgan fingerprint density at radius 3 is 2.69 bits per heavy atom. The van der Waals surface area contributed by atoms with Gasteiger partial charge in [0, 0.05) is 19.1 Å². The van der Waals surface area contributed by atoms with Crippen LogP contribution in [0.25, 0.3) is 0 Å². The SMILES string of the molecule is C=CCN(C)[C](C)NC1CN2CCC1CC2. The van der Waals surface area contributed by atoms with Gasteiger partial charge in [-0.05, 0) is 45.8 Å². The quantitative estimate of drug-likeness (QED) is 0.707. The van der Waals surface area contributed by atoms with E-state index in [1.165, 1.54) is 38.6 Å². The van der Waals surface area contributed by atoms with Crippen molar-refractivity contribution in [3.05, 3.63) is 18.8 Å². The highest BCUT2D eigenvalue weighted by Crippen LogP contribution is 2.28. The van der Waals surface area contributed by atoms with Crippen molar-refractivity contribution in [1.82, 2.24) is 15.1 Å². The number of fused-ring (bicyclic) bond motifs is 3. The summed E-state index contributed by atoms with van der Waals surface area (Å²) in [6.45, 7) is 10.7. The summed E-state index contributed by atoms with van der Waals surface area (Å²) in [5.74, 6) is 0.886. The molecule has 16 heavy (non-hydrogen) atoms. The van der Waals surface area contributed by atoms with Crippen LogP contribution in [0.15, 0.2) is 12.7 Å². The van der Waals surface area contributed by atoms with Crippen molar-refractivity contribution in [2.45, 2.75) is 25.8 Å². The lowest BCUT2D eigenvalue weighted by Crippen LogP contribution is -2.57. The van der Waals surface area contributed by atoms with Crippen LogP contribution < -0.4 is 5.32 Å². The smallest absolute Gasteiger partial charge is 0.101 e. The summed E-state index contributed by atoms with van der Waals surface area (Å²) in [6.07, 6.45) is 5.96. The number of nitrogens with one attached hydrogen (secondary N) is 1. The van der Waals surface area contributed by atoms with Gasteiger partial charge in [0.1, 0.15) is 6.17 Å². The Hall–Kier alpha value is -0.380. The molecule has 3 rings (SSSR count). The highest BCUT2D eigenvalue weighted by Gasteiger charge is 2.34. The van der Waals surface area contributed by atoms with Crippen LogP contribution in [-0.2, 0) is 0 Å². The molecule has 0 amide bonds. The predicted octanol–water partition coefficient (Wildman–Crippen LogP) is 1.30. The van der Waals surface area contributed by atoms with Crippen LogP contribution in [0.5, 0.6) is 0 Å². The fraction of sp³-hybridized carbons (Fsp3) is 0.769. The van der Waals surface area contributed by atoms with E-state index in [0.717, 1.165) is 12.5 Å². The Bertz CT molecular complexity index is 233. The first-order chi connectivity index (χ1) is 7.70. The van der Waals surface area contributed by atoms with Crippen molar-refractivity contribution in [2.24, 2.45) is 5.92 Å². The predicted molar refractivity (Wildman–Crippen MR) is 67.8 cm³/mol. The topological polar surface area (TPSA) is 18.5 Å². The summed E-state index contributed by atoms with van der Waals surface area (Å²) < 4.78 is 0. The van der Waals surface area contributed by atoms with Crippen molar-refractivity contribution in [2.75, 3.05) is 33.2 Å². The average Bonchev–Trinajstić information content (AvgIpc) is 2.31. The van der Waals surface area contributed by atoms with Crippen LogP contribution in [-0.4, -0.2) is 49.1 Å². The summed E-state index contributed by atoms with van der Waals surface area (Å²) in [6, 6.07) is 0.662. The molecule has 0 spiro atoms. The molecule has 0 saturated carbocycles. The number of hydrogen-bond acceptors (Lipinski definition) is 3. The molecule has 3 saturated heterocycles. The van der Waals surface area contributed by atoms with E-state index in [4.69, 9.17) is 0 Å². The van der Waals surface area contributed by atoms with E-state index in [0.29, 0.717) is 6.04 Å². The minimum atomic E-state index is 0.662. The van der Waals surface area contributed by atoms with E-state index < -0.39 is 0 Å². The number of nitrogens with zero attached hydrogens (tertiary/aromatic N) is 2. The highest BCUT2D eigenvalue weighted by molar-refractivity contribution is 4.96. The molecule has 1 atom stereocenters. The maximum atomic E-state index is 3.78. The molecule has 3 heterocycles. The third kappa shape index (κ3) is 2.65. The van der Waals surface area contributed by atoms with Gasteiger partial charge in [0.15, 0.2) is 0 Å². The Morgan fingerprint density at radius 2 is 2.19 bits per heavy atom. The zero-order valence-corrected chi connectivity index (χ0v) is 10.6. The maximum Gasteiger partial charge on any atom is 0.101 e. The molecule has 0 aliphatic carbocycles. The molecule has 3 heteroatoms. The summed E-state index contributed by atoms with van der Waals surface area (Å²) in [5.41, 5.74) is 0. The van der Waals surface area contributed by atoms with Gasteiger partial charge in [-0.25, -0.2) is 0 Å². The third-order valence-corrected chi connectivity index (χ3v) is 4.03. The van der Waals surface area contributed by atoms with E-state index in [9.17, 15) is 0 Å². The lowest BCUT2D eigenvalue weighted by Gasteiger charge is -2.46. The second kappa shape index (κ2) is 5.30. The van der Waals surface area contributed by atoms with Crippen molar-refractivity contribution < 1.29 is 0 Å². The molecule has 3 fully saturated rings. The number of likely N-dealkylation sites (N-methyl/N-ethyl adjacent to an activating group) is 1. The van der Waals surface area contributed by atoms with Gasteiger partial charge in [0.25, 0.3) is 0 Å². The molecule has 0 aromatic carbocycles. The van der Waals surface area contributed by atoms with Crippen molar-refractivity contribution in [1.29, 1.82) is 0 Å². The molecule has 3 aliphatic rings. The standard InChI is InChI=1S/C13H24N3/c1-4-7-15(3)11(2)14-13-10-16-8-5-12(13)6-9-16/h4,12-14H,1,5-10H2,2-3H3. The first-order valence-electron chi connectivity index (χ1n) is 6.35. The first kappa shape index (κ1) is 12.1. The van der Waals surface area contributed by atoms with Crippen LogP contribution in [0.4, 0.5) is 0 Å². The maximum absolute atomic E-state index is 3.78. The zero-order valence-electron chi connectivity index (χ0n) is 10.6. The van der Waals surface area contributed by atoms with Gasteiger partial charge in [-0.3, -0.25) is 10.2 Å². The Kier molecular flexibility index (Phi) is 4.00. The van der Waals surface area contributed by atoms with Crippen molar-refractivity contribution in [3.8, 4) is 0 Å². The molecule has 0 aromatic heterocycles. The molecular formula is C13H24N3. The number of hydrogen-bond donors (Lipinski definition) is 1. The third-order valence-electron chi connectivity index (χ3n) is 4.03. The van der Waals surface area contributed by atoms with Gasteiger partial charge in [-0.15, -0.1) is 6.58 Å². The van der Waals surface area contributed by atoms with Crippen LogP contribution in [0.1, 0.15) is 19.8 Å². The minimum Gasteiger partial charge on any atom is -0.302 e. The molecule has 3 nitrogen and oxygen atoms in total. The van der Waals surface area contributed by atoms with Crippen LogP contribution >= 0.6 is 0 Å². The van der Waals surface area contributed by atoms with Gasteiger partial charge in [0.2, 0.25) is 0 Å². The molecule has 1 N–H and O–H groups in total. The Morgan fingerprint density at radius 1 is 1.50 bits per heavy atom. The van der Waals surface area contributed by atoms with Gasteiger partial charge in [-0.1, -0.05) is 6.08 Å². The number of piperidine rings is 3. The summed E-state index contributed by atoms with van der Waals surface area (Å²) in [5, 5.41) is 3.69. The Balaban J connectivity index is 1.82. The fourth-order valence-electron chi connectivity index (χ4n) is 2.84. The largest absolute Gasteiger partial charge is 0.302 e. The Labute approximate surface area is 99.5 Å². The summed E-state index contributed by atoms with van der Waals surface area (Å²) in [4.78, 5) is 4.81. The molecule has 0 aromatic rings. The van der Waals surface area contributed by atoms with Crippen LogP contribution in [0.3, 0.4) is 0 Å². The highest BCUT2D eigenvalue weighted by atomic mass is 15.3. The minimum absolute atomic E-state index is 0.662. The molecule has 1 unspecified atom stereocenters. The van der Waals surface area contributed by atoms with E-state index in [2.05, 4.69) is 35.7 Å². The molecule has 3 aliphatic heterocycles. The van der Waals surface area contributed by atoms with Crippen LogP contribution in [0, 0.1) is 12.1 Å². The molecule has 2 bridgehead atoms. The normalized spacial score (nSPS) is 33.6. The van der Waals surface area contributed by atoms with Crippen molar-refractivity contribution in [3.63, 3.8) is 0 Å². The van der Waals surface area contributed by atoms with E-state index in [-0.39, 0.29) is 0 Å².